The Labute approximate surface area is 195 Å². The standard InChI is InChI=1S/C27H33N3O3/c1-19(8-9-20-6-4-3-5-7-20)28-26(31)16-21-12-14-30(15-13-21)27(32)25-17-22-10-11-23(33-2)18-24(22)29-25/h3-7,10-11,17-19,21,29H,8-9,12-16H2,1-2H3,(H,28,31). The fourth-order valence-corrected chi connectivity index (χ4v) is 4.55. The fraction of sp³-hybridized carbons (Fsp3) is 0.407. The molecule has 2 amide bonds. The third kappa shape index (κ3) is 5.95. The summed E-state index contributed by atoms with van der Waals surface area (Å²) >= 11 is 0. The van der Waals surface area contributed by atoms with Crippen molar-refractivity contribution in [3.63, 3.8) is 0 Å². The minimum absolute atomic E-state index is 0.0163. The van der Waals surface area contributed by atoms with E-state index in [4.69, 9.17) is 4.74 Å². The van der Waals surface area contributed by atoms with Crippen LogP contribution in [0.4, 0.5) is 0 Å². The first-order valence-corrected chi connectivity index (χ1v) is 11.8. The van der Waals surface area contributed by atoms with Gasteiger partial charge in [-0.15, -0.1) is 0 Å². The summed E-state index contributed by atoms with van der Waals surface area (Å²) in [4.78, 5) is 30.6. The maximum atomic E-state index is 13.0. The van der Waals surface area contributed by atoms with E-state index < -0.39 is 0 Å². The van der Waals surface area contributed by atoms with Crippen molar-refractivity contribution >= 4 is 22.7 Å². The van der Waals surface area contributed by atoms with E-state index in [-0.39, 0.29) is 17.9 Å². The Morgan fingerprint density at radius 1 is 1.12 bits per heavy atom. The highest BCUT2D eigenvalue weighted by Gasteiger charge is 2.26. The number of carbonyl (C=O) groups is 2. The number of aryl methyl sites for hydroxylation is 1. The topological polar surface area (TPSA) is 74.4 Å². The molecule has 1 aromatic heterocycles. The van der Waals surface area contributed by atoms with Crippen LogP contribution in [-0.4, -0.2) is 47.9 Å². The number of methoxy groups -OCH3 is 1. The number of likely N-dealkylation sites (tertiary alicyclic amines) is 1. The lowest BCUT2D eigenvalue weighted by Crippen LogP contribution is -2.40. The molecule has 2 heterocycles. The molecule has 1 unspecified atom stereocenters. The lowest BCUT2D eigenvalue weighted by molar-refractivity contribution is -0.122. The molecule has 1 aliphatic rings. The van der Waals surface area contributed by atoms with Gasteiger partial charge in [-0.05, 0) is 62.3 Å². The number of hydrogen-bond donors (Lipinski definition) is 2. The van der Waals surface area contributed by atoms with Gasteiger partial charge in [0.15, 0.2) is 0 Å². The first-order valence-electron chi connectivity index (χ1n) is 11.8. The highest BCUT2D eigenvalue weighted by Crippen LogP contribution is 2.25. The molecule has 0 spiro atoms. The summed E-state index contributed by atoms with van der Waals surface area (Å²) in [5, 5.41) is 4.14. The second kappa shape index (κ2) is 10.6. The first-order chi connectivity index (χ1) is 16.0. The molecule has 3 aromatic rings. The number of H-pyrrole nitrogens is 1. The van der Waals surface area contributed by atoms with E-state index in [1.807, 2.05) is 47.4 Å². The van der Waals surface area contributed by atoms with Crippen molar-refractivity contribution in [1.82, 2.24) is 15.2 Å². The molecule has 6 heteroatoms. The predicted octanol–water partition coefficient (Wildman–Crippen LogP) is 4.56. The highest BCUT2D eigenvalue weighted by atomic mass is 16.5. The van der Waals surface area contributed by atoms with Crippen molar-refractivity contribution in [1.29, 1.82) is 0 Å². The first kappa shape index (κ1) is 22.9. The molecule has 1 saturated heterocycles. The van der Waals surface area contributed by atoms with Gasteiger partial charge in [0, 0.05) is 42.5 Å². The molecule has 1 atom stereocenters. The molecule has 0 saturated carbocycles. The summed E-state index contributed by atoms with van der Waals surface area (Å²) in [6.07, 6.45) is 4.13. The Balaban J connectivity index is 1.22. The van der Waals surface area contributed by atoms with Gasteiger partial charge >= 0.3 is 0 Å². The van der Waals surface area contributed by atoms with E-state index in [1.165, 1.54) is 5.56 Å². The van der Waals surface area contributed by atoms with Gasteiger partial charge in [0.2, 0.25) is 5.91 Å². The van der Waals surface area contributed by atoms with Gasteiger partial charge in [-0.25, -0.2) is 0 Å². The number of carbonyl (C=O) groups excluding carboxylic acids is 2. The van der Waals surface area contributed by atoms with E-state index >= 15 is 0 Å². The third-order valence-electron chi connectivity index (χ3n) is 6.55. The van der Waals surface area contributed by atoms with Crippen LogP contribution in [0.15, 0.2) is 54.6 Å². The summed E-state index contributed by atoms with van der Waals surface area (Å²) in [5.74, 6) is 1.21. The number of nitrogens with one attached hydrogen (secondary N) is 2. The number of benzene rings is 2. The number of rotatable bonds is 8. The number of amides is 2. The molecule has 0 bridgehead atoms. The molecule has 2 aromatic carbocycles. The lowest BCUT2D eigenvalue weighted by Gasteiger charge is -2.31. The van der Waals surface area contributed by atoms with Crippen molar-refractivity contribution in [2.45, 2.75) is 45.1 Å². The number of hydrogen-bond acceptors (Lipinski definition) is 3. The van der Waals surface area contributed by atoms with E-state index in [0.717, 1.165) is 42.3 Å². The number of aromatic nitrogens is 1. The largest absolute Gasteiger partial charge is 0.497 e. The van der Waals surface area contributed by atoms with Crippen molar-refractivity contribution in [2.75, 3.05) is 20.2 Å². The number of aromatic amines is 1. The normalized spacial score (nSPS) is 15.4. The van der Waals surface area contributed by atoms with Gasteiger partial charge in [-0.1, -0.05) is 30.3 Å². The number of fused-ring (bicyclic) bond motifs is 1. The fourth-order valence-electron chi connectivity index (χ4n) is 4.55. The maximum Gasteiger partial charge on any atom is 0.270 e. The van der Waals surface area contributed by atoms with Crippen LogP contribution >= 0.6 is 0 Å². The van der Waals surface area contributed by atoms with E-state index in [1.54, 1.807) is 7.11 Å². The average molecular weight is 448 g/mol. The Kier molecular flexibility index (Phi) is 7.33. The average Bonchev–Trinajstić information content (AvgIpc) is 3.26. The van der Waals surface area contributed by atoms with Crippen molar-refractivity contribution < 1.29 is 14.3 Å². The molecule has 1 fully saturated rings. The van der Waals surface area contributed by atoms with Crippen molar-refractivity contribution in [3.8, 4) is 5.75 Å². The highest BCUT2D eigenvalue weighted by molar-refractivity contribution is 5.98. The van der Waals surface area contributed by atoms with Crippen molar-refractivity contribution in [2.24, 2.45) is 5.92 Å². The van der Waals surface area contributed by atoms with Crippen LogP contribution in [0.2, 0.25) is 0 Å². The second-order valence-corrected chi connectivity index (χ2v) is 9.07. The van der Waals surface area contributed by atoms with Gasteiger partial charge < -0.3 is 19.9 Å². The predicted molar refractivity (Wildman–Crippen MR) is 130 cm³/mol. The zero-order valence-electron chi connectivity index (χ0n) is 19.5. The smallest absolute Gasteiger partial charge is 0.270 e. The second-order valence-electron chi connectivity index (χ2n) is 9.07. The minimum atomic E-state index is 0.0163. The quantitative estimate of drug-likeness (QED) is 0.532. The Morgan fingerprint density at radius 2 is 1.88 bits per heavy atom. The van der Waals surface area contributed by atoms with E-state index in [9.17, 15) is 9.59 Å². The van der Waals surface area contributed by atoms with Gasteiger partial charge in [0.05, 0.1) is 7.11 Å². The maximum absolute atomic E-state index is 13.0. The number of ether oxygens (including phenoxy) is 1. The molecule has 6 nitrogen and oxygen atoms in total. The van der Waals surface area contributed by atoms with Crippen molar-refractivity contribution in [3.05, 3.63) is 65.9 Å². The summed E-state index contributed by atoms with van der Waals surface area (Å²) in [6, 6.07) is 18.1. The minimum Gasteiger partial charge on any atom is -0.497 e. The van der Waals surface area contributed by atoms with Gasteiger partial charge in [0.1, 0.15) is 11.4 Å². The van der Waals surface area contributed by atoms with Gasteiger partial charge in [0.25, 0.3) is 5.91 Å². The summed E-state index contributed by atoms with van der Waals surface area (Å²) in [6.45, 7) is 3.43. The zero-order chi connectivity index (χ0) is 23.2. The monoisotopic (exact) mass is 447 g/mol. The van der Waals surface area contributed by atoms with E-state index in [2.05, 4.69) is 29.4 Å². The van der Waals surface area contributed by atoms with Gasteiger partial charge in [-0.3, -0.25) is 9.59 Å². The number of nitrogens with zero attached hydrogens (tertiary/aromatic N) is 1. The van der Waals surface area contributed by atoms with Crippen LogP contribution in [0.1, 0.15) is 48.7 Å². The third-order valence-corrected chi connectivity index (χ3v) is 6.55. The molecule has 0 aliphatic carbocycles. The molecule has 174 valence electrons. The zero-order valence-corrected chi connectivity index (χ0v) is 19.5. The lowest BCUT2D eigenvalue weighted by atomic mass is 9.93. The van der Waals surface area contributed by atoms with Crippen LogP contribution in [0.5, 0.6) is 5.75 Å². The molecular formula is C27H33N3O3. The van der Waals surface area contributed by atoms with E-state index in [0.29, 0.717) is 31.1 Å². The molecule has 2 N–H and O–H groups in total. The molecule has 33 heavy (non-hydrogen) atoms. The molecule has 4 rings (SSSR count). The molecule has 1 aliphatic heterocycles. The van der Waals surface area contributed by atoms with Gasteiger partial charge in [-0.2, -0.15) is 0 Å². The van der Waals surface area contributed by atoms with Crippen LogP contribution in [0.25, 0.3) is 10.9 Å². The SMILES string of the molecule is COc1ccc2cc(C(=O)N3CCC(CC(=O)NC(C)CCc4ccccc4)CC3)[nH]c2c1. The Bertz CT molecular complexity index is 1080. The Morgan fingerprint density at radius 3 is 2.61 bits per heavy atom. The van der Waals surface area contributed by atoms with Crippen LogP contribution < -0.4 is 10.1 Å². The van der Waals surface area contributed by atoms with Crippen LogP contribution in [0.3, 0.4) is 0 Å². The summed E-state index contributed by atoms with van der Waals surface area (Å²) in [5.41, 5.74) is 2.79. The summed E-state index contributed by atoms with van der Waals surface area (Å²) in [7, 11) is 1.63. The molecular weight excluding hydrogens is 414 g/mol. The van der Waals surface area contributed by atoms with Crippen LogP contribution in [0, 0.1) is 5.92 Å². The summed E-state index contributed by atoms with van der Waals surface area (Å²) < 4.78 is 5.26. The Hall–Kier alpha value is -3.28. The van der Waals surface area contributed by atoms with Crippen LogP contribution in [-0.2, 0) is 11.2 Å². The molecule has 0 radical (unpaired) electrons. The number of piperidine rings is 1.